The van der Waals surface area contributed by atoms with Gasteiger partial charge in [0, 0.05) is 18.8 Å². The number of fused-ring (bicyclic) bond motifs is 1. The van der Waals surface area contributed by atoms with E-state index >= 15 is 0 Å². The van der Waals surface area contributed by atoms with Crippen molar-refractivity contribution in [2.24, 2.45) is 0 Å². The summed E-state index contributed by atoms with van der Waals surface area (Å²) in [6, 6.07) is 17.8. The number of esters is 1. The third-order valence-corrected chi connectivity index (χ3v) is 6.80. The summed E-state index contributed by atoms with van der Waals surface area (Å²) >= 11 is 0. The summed E-state index contributed by atoms with van der Waals surface area (Å²) in [6.07, 6.45) is 1.49. The van der Waals surface area contributed by atoms with Gasteiger partial charge in [0.1, 0.15) is 5.82 Å². The Morgan fingerprint density at radius 2 is 1.66 bits per heavy atom. The van der Waals surface area contributed by atoms with Crippen LogP contribution in [0.1, 0.15) is 21.5 Å². The van der Waals surface area contributed by atoms with E-state index in [1.165, 1.54) is 25.4 Å². The number of hydrogen-bond acceptors (Lipinski definition) is 6. The highest BCUT2D eigenvalue weighted by Crippen LogP contribution is 2.37. The fourth-order valence-electron chi connectivity index (χ4n) is 3.33. The molecular formula is C23H19N3O5S. The van der Waals surface area contributed by atoms with Crippen LogP contribution in [0.15, 0.2) is 83.5 Å². The highest BCUT2D eigenvalue weighted by Gasteiger charge is 2.39. The van der Waals surface area contributed by atoms with Crippen molar-refractivity contribution in [3.8, 4) is 0 Å². The summed E-state index contributed by atoms with van der Waals surface area (Å²) in [5, 5.41) is 2.56. The van der Waals surface area contributed by atoms with Crippen LogP contribution in [0.2, 0.25) is 0 Å². The number of hydrogen-bond donors (Lipinski definition) is 1. The predicted octanol–water partition coefficient (Wildman–Crippen LogP) is 3.19. The van der Waals surface area contributed by atoms with Gasteiger partial charge in [0.05, 0.1) is 10.5 Å². The molecule has 9 heteroatoms. The van der Waals surface area contributed by atoms with Gasteiger partial charge in [-0.3, -0.25) is 9.10 Å². The average molecular weight is 449 g/mol. The fourth-order valence-corrected chi connectivity index (χ4v) is 4.72. The van der Waals surface area contributed by atoms with E-state index in [1.807, 2.05) is 0 Å². The standard InChI is InChI=1S/C23H19N3O5S/c1-15-9-3-4-10-16(15)23(28)31-21-17-11-5-6-12-18(17)32(29,30)26(2)20(21)22(27)25-19-13-7-8-14-24-19/h3-14H,1-2H3,(H,24,25,27). The molecule has 2 heterocycles. The van der Waals surface area contributed by atoms with Crippen LogP contribution in [0.3, 0.4) is 0 Å². The molecular weight excluding hydrogens is 430 g/mol. The third-order valence-electron chi connectivity index (χ3n) is 4.98. The van der Waals surface area contributed by atoms with Gasteiger partial charge in [0.2, 0.25) is 0 Å². The Kier molecular flexibility index (Phi) is 5.50. The summed E-state index contributed by atoms with van der Waals surface area (Å²) in [6.45, 7) is 1.76. The van der Waals surface area contributed by atoms with Crippen LogP contribution in [0.25, 0.3) is 5.76 Å². The SMILES string of the molecule is Cc1ccccc1C(=O)OC1=C(C(=O)Nc2ccccn2)N(C)S(=O)(=O)c2ccccc21. The van der Waals surface area contributed by atoms with Gasteiger partial charge in [-0.05, 0) is 42.8 Å². The minimum absolute atomic E-state index is 0.0653. The Balaban J connectivity index is 1.86. The maximum atomic E-state index is 13.2. The molecule has 1 aliphatic heterocycles. The first-order valence-electron chi connectivity index (χ1n) is 9.63. The van der Waals surface area contributed by atoms with Gasteiger partial charge < -0.3 is 10.1 Å². The number of rotatable bonds is 4. The summed E-state index contributed by atoms with van der Waals surface area (Å²) in [5.74, 6) is -1.42. The molecule has 2 aromatic carbocycles. The first kappa shape index (κ1) is 21.3. The van der Waals surface area contributed by atoms with Crippen LogP contribution in [0, 0.1) is 6.92 Å². The highest BCUT2D eigenvalue weighted by atomic mass is 32.2. The van der Waals surface area contributed by atoms with E-state index in [2.05, 4.69) is 10.3 Å². The quantitative estimate of drug-likeness (QED) is 0.614. The number of aryl methyl sites for hydroxylation is 1. The third kappa shape index (κ3) is 3.74. The van der Waals surface area contributed by atoms with Gasteiger partial charge >= 0.3 is 5.97 Å². The molecule has 4 rings (SSSR count). The number of aromatic nitrogens is 1. The Morgan fingerprint density at radius 3 is 2.38 bits per heavy atom. The van der Waals surface area contributed by atoms with Gasteiger partial charge in [0.15, 0.2) is 11.5 Å². The van der Waals surface area contributed by atoms with Crippen LogP contribution in [0.5, 0.6) is 0 Å². The van der Waals surface area contributed by atoms with Gasteiger partial charge in [-0.1, -0.05) is 36.4 Å². The maximum absolute atomic E-state index is 13.2. The highest BCUT2D eigenvalue weighted by molar-refractivity contribution is 7.89. The minimum Gasteiger partial charge on any atom is -0.420 e. The van der Waals surface area contributed by atoms with Crippen molar-refractivity contribution in [1.82, 2.24) is 9.29 Å². The second-order valence-electron chi connectivity index (χ2n) is 7.02. The zero-order chi connectivity index (χ0) is 22.9. The van der Waals surface area contributed by atoms with Gasteiger partial charge in [0.25, 0.3) is 15.9 Å². The first-order chi connectivity index (χ1) is 15.3. The lowest BCUT2D eigenvalue weighted by molar-refractivity contribution is -0.113. The number of nitrogens with zero attached hydrogens (tertiary/aromatic N) is 2. The number of anilines is 1. The molecule has 0 atom stereocenters. The normalized spacial score (nSPS) is 14.5. The Morgan fingerprint density at radius 1 is 0.969 bits per heavy atom. The Bertz CT molecular complexity index is 1350. The van der Waals surface area contributed by atoms with Crippen molar-refractivity contribution in [2.45, 2.75) is 11.8 Å². The van der Waals surface area contributed by atoms with Crippen molar-refractivity contribution in [1.29, 1.82) is 0 Å². The van der Waals surface area contributed by atoms with Crippen LogP contribution >= 0.6 is 0 Å². The molecule has 0 saturated heterocycles. The number of pyridine rings is 1. The summed E-state index contributed by atoms with van der Waals surface area (Å²) < 4.78 is 32.7. The molecule has 162 valence electrons. The van der Waals surface area contributed by atoms with Crippen molar-refractivity contribution >= 4 is 33.5 Å². The van der Waals surface area contributed by atoms with Crippen molar-refractivity contribution in [3.63, 3.8) is 0 Å². The fraction of sp³-hybridized carbons (Fsp3) is 0.0870. The number of carbonyl (C=O) groups is 2. The number of ether oxygens (including phenoxy) is 1. The lowest BCUT2D eigenvalue weighted by Crippen LogP contribution is -2.38. The van der Waals surface area contributed by atoms with Crippen LogP contribution in [-0.2, 0) is 19.6 Å². The molecule has 8 nitrogen and oxygen atoms in total. The molecule has 1 aromatic heterocycles. The second kappa shape index (κ2) is 8.27. The molecule has 0 saturated carbocycles. The topological polar surface area (TPSA) is 106 Å². The number of carbonyl (C=O) groups excluding carboxylic acids is 2. The van der Waals surface area contributed by atoms with E-state index in [0.717, 1.165) is 4.31 Å². The summed E-state index contributed by atoms with van der Waals surface area (Å²) in [5.41, 5.74) is 0.788. The van der Waals surface area contributed by atoms with Crippen molar-refractivity contribution in [3.05, 3.63) is 95.3 Å². The molecule has 1 aliphatic rings. The Hall–Kier alpha value is -3.98. The molecule has 32 heavy (non-hydrogen) atoms. The molecule has 1 amide bonds. The van der Waals surface area contributed by atoms with Crippen LogP contribution < -0.4 is 5.32 Å². The lowest BCUT2D eigenvalue weighted by atomic mass is 10.1. The van der Waals surface area contributed by atoms with E-state index in [1.54, 1.807) is 61.5 Å². The predicted molar refractivity (Wildman–Crippen MR) is 118 cm³/mol. The molecule has 1 N–H and O–H groups in total. The number of benzene rings is 2. The van der Waals surface area contributed by atoms with E-state index in [9.17, 15) is 18.0 Å². The molecule has 0 fully saturated rings. The first-order valence-corrected chi connectivity index (χ1v) is 11.1. The molecule has 3 aromatic rings. The molecule has 0 radical (unpaired) electrons. The second-order valence-corrected chi connectivity index (χ2v) is 8.96. The lowest BCUT2D eigenvalue weighted by Gasteiger charge is -2.30. The maximum Gasteiger partial charge on any atom is 0.343 e. The van der Waals surface area contributed by atoms with E-state index < -0.39 is 21.9 Å². The van der Waals surface area contributed by atoms with Crippen molar-refractivity contribution in [2.75, 3.05) is 12.4 Å². The van der Waals surface area contributed by atoms with Crippen LogP contribution in [-0.4, -0.2) is 36.6 Å². The van der Waals surface area contributed by atoms with Crippen molar-refractivity contribution < 1.29 is 22.7 Å². The monoisotopic (exact) mass is 449 g/mol. The van der Waals surface area contributed by atoms with E-state index in [0.29, 0.717) is 11.1 Å². The average Bonchev–Trinajstić information content (AvgIpc) is 2.78. The van der Waals surface area contributed by atoms with Gasteiger partial charge in [-0.2, -0.15) is 0 Å². The van der Waals surface area contributed by atoms with E-state index in [-0.39, 0.29) is 27.7 Å². The molecule has 0 bridgehead atoms. The van der Waals surface area contributed by atoms with Gasteiger partial charge in [-0.25, -0.2) is 18.2 Å². The Labute approximate surface area is 185 Å². The van der Waals surface area contributed by atoms with Crippen LogP contribution in [0.4, 0.5) is 5.82 Å². The molecule has 0 unspecified atom stereocenters. The number of nitrogens with one attached hydrogen (secondary N) is 1. The zero-order valence-electron chi connectivity index (χ0n) is 17.3. The summed E-state index contributed by atoms with van der Waals surface area (Å²) in [7, 11) is -2.81. The largest absolute Gasteiger partial charge is 0.420 e. The molecule has 0 spiro atoms. The number of amides is 1. The molecule has 0 aliphatic carbocycles. The number of sulfonamides is 1. The number of likely N-dealkylation sites (N-methyl/N-ethyl adjacent to an activating group) is 1. The zero-order valence-corrected chi connectivity index (χ0v) is 18.1. The smallest absolute Gasteiger partial charge is 0.343 e. The van der Waals surface area contributed by atoms with E-state index in [4.69, 9.17) is 4.74 Å². The summed E-state index contributed by atoms with van der Waals surface area (Å²) in [4.78, 5) is 30.1. The van der Waals surface area contributed by atoms with Gasteiger partial charge in [-0.15, -0.1) is 0 Å². The minimum atomic E-state index is -4.05.